The highest BCUT2D eigenvalue weighted by atomic mass is 19.2. The van der Waals surface area contributed by atoms with Crippen molar-refractivity contribution in [2.45, 2.75) is 33.1 Å². The van der Waals surface area contributed by atoms with Crippen molar-refractivity contribution in [2.24, 2.45) is 0 Å². The van der Waals surface area contributed by atoms with E-state index in [0.717, 1.165) is 19.3 Å². The molecule has 0 saturated heterocycles. The first kappa shape index (κ1) is 18.5. The van der Waals surface area contributed by atoms with Crippen LogP contribution in [0.15, 0.2) is 60.2 Å². The first-order valence-electron chi connectivity index (χ1n) is 8.39. The van der Waals surface area contributed by atoms with Crippen molar-refractivity contribution >= 4 is 0 Å². The normalized spacial score (nSPS) is 10.9. The Morgan fingerprint density at radius 3 is 1.56 bits per heavy atom. The summed E-state index contributed by atoms with van der Waals surface area (Å²) in [6, 6.07) is 14.9. The lowest BCUT2D eigenvalue weighted by atomic mass is 10.1. The molecule has 0 heterocycles. The Balaban J connectivity index is 2.10. The van der Waals surface area contributed by atoms with Gasteiger partial charge in [0.05, 0.1) is 0 Å². The molecule has 2 aromatic carbocycles. The number of rotatable bonds is 3. The topological polar surface area (TPSA) is 0 Å². The highest BCUT2D eigenvalue weighted by molar-refractivity contribution is 5.45. The van der Waals surface area contributed by atoms with E-state index in [4.69, 9.17) is 0 Å². The molecule has 0 nitrogen and oxygen atoms in total. The van der Waals surface area contributed by atoms with Crippen LogP contribution in [-0.4, -0.2) is 0 Å². The minimum absolute atomic E-state index is 0.639. The Hall–Kier alpha value is -2.84. The largest absolute Gasteiger partial charge is 0.217 e. The molecule has 0 aromatic heterocycles. The van der Waals surface area contributed by atoms with Crippen LogP contribution in [0.5, 0.6) is 0 Å². The van der Waals surface area contributed by atoms with E-state index in [1.807, 2.05) is 36.4 Å². The zero-order valence-corrected chi connectivity index (χ0v) is 14.5. The molecule has 2 heteroatoms. The van der Waals surface area contributed by atoms with Gasteiger partial charge in [0.25, 0.3) is 0 Å². The molecule has 0 aliphatic heterocycles. The number of hydrogen-bond acceptors (Lipinski definition) is 0. The zero-order valence-electron chi connectivity index (χ0n) is 14.5. The predicted molar refractivity (Wildman–Crippen MR) is 99.3 cm³/mol. The molecule has 2 rings (SSSR count). The molecule has 0 saturated carbocycles. The maximum atomic E-state index is 13.7. The summed E-state index contributed by atoms with van der Waals surface area (Å²) in [4.78, 5) is 0. The minimum Gasteiger partial charge on any atom is -0.193 e. The van der Waals surface area contributed by atoms with Crippen molar-refractivity contribution in [1.82, 2.24) is 0 Å². The van der Waals surface area contributed by atoms with Crippen LogP contribution in [0.3, 0.4) is 0 Å². The second kappa shape index (κ2) is 9.45. The molecule has 0 N–H and O–H groups in total. The molecule has 0 fully saturated rings. The van der Waals surface area contributed by atoms with E-state index in [-0.39, 0.29) is 0 Å². The van der Waals surface area contributed by atoms with Crippen molar-refractivity contribution in [3.05, 3.63) is 82.4 Å². The monoisotopic (exact) mass is 334 g/mol. The highest BCUT2D eigenvalue weighted by Crippen LogP contribution is 2.09. The van der Waals surface area contributed by atoms with Crippen LogP contribution < -0.4 is 0 Å². The van der Waals surface area contributed by atoms with Crippen molar-refractivity contribution in [2.75, 3.05) is 0 Å². The molecular formula is C23H20F2. The van der Waals surface area contributed by atoms with Crippen LogP contribution in [0, 0.1) is 23.7 Å². The van der Waals surface area contributed by atoms with Crippen LogP contribution in [-0.2, 0) is 12.8 Å². The summed E-state index contributed by atoms with van der Waals surface area (Å²) < 4.78 is 27.5. The lowest BCUT2D eigenvalue weighted by molar-refractivity contribution is 0.584. The van der Waals surface area contributed by atoms with Crippen LogP contribution in [0.25, 0.3) is 0 Å². The third kappa shape index (κ3) is 5.94. The third-order valence-electron chi connectivity index (χ3n) is 3.68. The third-order valence-corrected chi connectivity index (χ3v) is 3.68. The molecule has 0 spiro atoms. The Morgan fingerprint density at radius 1 is 0.720 bits per heavy atom. The fraction of sp³-hybridized carbons (Fsp3) is 0.217. The first-order chi connectivity index (χ1) is 12.1. The Bertz CT molecular complexity index is 849. The molecule has 126 valence electrons. The van der Waals surface area contributed by atoms with Gasteiger partial charge in [0, 0.05) is 11.1 Å². The molecular weight excluding hydrogens is 314 g/mol. The summed E-state index contributed by atoms with van der Waals surface area (Å²) in [6.45, 7) is 4.16. The molecule has 0 aliphatic carbocycles. The summed E-state index contributed by atoms with van der Waals surface area (Å²) in [6.07, 6.45) is 2.98. The number of hydrogen-bond donors (Lipinski definition) is 0. The fourth-order valence-corrected chi connectivity index (χ4v) is 2.23. The van der Waals surface area contributed by atoms with Gasteiger partial charge in [-0.2, -0.15) is 8.78 Å². The van der Waals surface area contributed by atoms with E-state index in [2.05, 4.69) is 37.5 Å². The number of halogens is 2. The highest BCUT2D eigenvalue weighted by Gasteiger charge is 1.99. The average Bonchev–Trinajstić information content (AvgIpc) is 2.66. The van der Waals surface area contributed by atoms with Crippen LogP contribution in [0.2, 0.25) is 0 Å². The summed E-state index contributed by atoms with van der Waals surface area (Å²) in [5.74, 6) is 7.31. The Labute approximate surface area is 148 Å². The van der Waals surface area contributed by atoms with Gasteiger partial charge >= 0.3 is 0 Å². The summed E-state index contributed by atoms with van der Waals surface area (Å²) >= 11 is 0. The van der Waals surface area contributed by atoms with Crippen LogP contribution >= 0.6 is 0 Å². The number of benzene rings is 2. The van der Waals surface area contributed by atoms with Gasteiger partial charge in [0.15, 0.2) is 0 Å². The molecule has 0 radical (unpaired) electrons. The standard InChI is InChI=1S/C23H20F2/c1-3-5-19-10-12-21(13-11-19)15-17-23(25)22(24)16-14-20-8-6-18(4-2)7-9-20/h6-13H,3-5H2,1-2H3/b23-22+. The van der Waals surface area contributed by atoms with Gasteiger partial charge in [-0.05, 0) is 60.1 Å². The van der Waals surface area contributed by atoms with Gasteiger partial charge in [0.2, 0.25) is 11.7 Å². The van der Waals surface area contributed by atoms with Crippen molar-refractivity contribution in [1.29, 1.82) is 0 Å². The minimum atomic E-state index is -1.14. The van der Waals surface area contributed by atoms with Gasteiger partial charge in [-0.3, -0.25) is 0 Å². The van der Waals surface area contributed by atoms with Crippen molar-refractivity contribution in [3.63, 3.8) is 0 Å². The number of aryl methyl sites for hydroxylation is 2. The lowest BCUT2D eigenvalue weighted by Crippen LogP contribution is -1.83. The average molecular weight is 334 g/mol. The van der Waals surface area contributed by atoms with E-state index in [1.165, 1.54) is 11.1 Å². The van der Waals surface area contributed by atoms with Crippen molar-refractivity contribution in [3.8, 4) is 23.7 Å². The second-order valence-corrected chi connectivity index (χ2v) is 5.63. The molecule has 0 bridgehead atoms. The van der Waals surface area contributed by atoms with E-state index >= 15 is 0 Å². The summed E-state index contributed by atoms with van der Waals surface area (Å²) in [5, 5.41) is 0. The Morgan fingerprint density at radius 2 is 1.16 bits per heavy atom. The van der Waals surface area contributed by atoms with E-state index in [0.29, 0.717) is 11.1 Å². The quantitative estimate of drug-likeness (QED) is 0.627. The SMILES string of the molecule is CCCc1ccc(C#C/C(F)=C(\F)C#Cc2ccc(CC)cc2)cc1. The molecule has 2 aromatic rings. The van der Waals surface area contributed by atoms with Crippen LogP contribution in [0.4, 0.5) is 8.78 Å². The second-order valence-electron chi connectivity index (χ2n) is 5.63. The predicted octanol–water partition coefficient (Wildman–Crippen LogP) is 5.76. The van der Waals surface area contributed by atoms with Gasteiger partial charge in [-0.1, -0.05) is 56.4 Å². The molecule has 0 aliphatic rings. The van der Waals surface area contributed by atoms with Crippen molar-refractivity contribution < 1.29 is 8.78 Å². The molecule has 0 atom stereocenters. The molecule has 25 heavy (non-hydrogen) atoms. The maximum absolute atomic E-state index is 13.7. The fourth-order valence-electron chi connectivity index (χ4n) is 2.23. The van der Waals surface area contributed by atoms with Gasteiger partial charge < -0.3 is 0 Å². The maximum Gasteiger partial charge on any atom is 0.217 e. The summed E-state index contributed by atoms with van der Waals surface area (Å²) in [5.41, 5.74) is 3.66. The smallest absolute Gasteiger partial charge is 0.193 e. The van der Waals surface area contributed by atoms with Gasteiger partial charge in [0.1, 0.15) is 0 Å². The summed E-state index contributed by atoms with van der Waals surface area (Å²) in [7, 11) is 0. The molecule has 0 unspecified atom stereocenters. The first-order valence-corrected chi connectivity index (χ1v) is 8.39. The lowest BCUT2D eigenvalue weighted by Gasteiger charge is -1.97. The number of allylic oxidation sites excluding steroid dienone is 2. The molecule has 0 amide bonds. The van der Waals surface area contributed by atoms with Gasteiger partial charge in [-0.25, -0.2) is 0 Å². The van der Waals surface area contributed by atoms with E-state index < -0.39 is 11.7 Å². The zero-order chi connectivity index (χ0) is 18.1. The van der Waals surface area contributed by atoms with Crippen LogP contribution in [0.1, 0.15) is 42.5 Å². The van der Waals surface area contributed by atoms with E-state index in [1.54, 1.807) is 12.1 Å². The van der Waals surface area contributed by atoms with E-state index in [9.17, 15) is 8.78 Å². The van der Waals surface area contributed by atoms with Gasteiger partial charge in [-0.15, -0.1) is 0 Å². The Kier molecular flexibility index (Phi) is 7.00.